The molecule has 0 radical (unpaired) electrons. The fourth-order valence-electron chi connectivity index (χ4n) is 4.11. The van der Waals surface area contributed by atoms with Crippen LogP contribution in [0.1, 0.15) is 16.9 Å². The number of sulfonamides is 1. The van der Waals surface area contributed by atoms with E-state index in [1.807, 2.05) is 12.1 Å². The van der Waals surface area contributed by atoms with Gasteiger partial charge in [0.05, 0.1) is 33.8 Å². The van der Waals surface area contributed by atoms with Gasteiger partial charge in [0.25, 0.3) is 15.6 Å². The van der Waals surface area contributed by atoms with Crippen LogP contribution >= 0.6 is 11.3 Å². The number of hydrogen-bond donors (Lipinski definition) is 2. The number of aromatic amines is 1. The Morgan fingerprint density at radius 1 is 1.09 bits per heavy atom. The molecule has 2 aromatic heterocycles. The molecule has 1 aliphatic rings. The third kappa shape index (κ3) is 3.19. The van der Waals surface area contributed by atoms with Crippen LogP contribution in [0.25, 0.3) is 16.6 Å². The first kappa shape index (κ1) is 20.7. The van der Waals surface area contributed by atoms with Gasteiger partial charge in [-0.25, -0.2) is 17.8 Å². The Balaban J connectivity index is 1.66. The molecule has 2 N–H and O–H groups in total. The van der Waals surface area contributed by atoms with E-state index in [1.165, 1.54) is 39.9 Å². The zero-order valence-corrected chi connectivity index (χ0v) is 18.4. The minimum Gasteiger partial charge on any atom is -0.391 e. The van der Waals surface area contributed by atoms with Gasteiger partial charge in [0.15, 0.2) is 0 Å². The van der Waals surface area contributed by atoms with Gasteiger partial charge < -0.3 is 10.1 Å². The van der Waals surface area contributed by atoms with E-state index in [2.05, 4.69) is 4.98 Å². The summed E-state index contributed by atoms with van der Waals surface area (Å²) in [5.41, 5.74) is 0.810. The van der Waals surface area contributed by atoms with E-state index in [-0.39, 0.29) is 22.6 Å². The summed E-state index contributed by atoms with van der Waals surface area (Å²) in [5, 5.41) is 11.4. The molecule has 10 heteroatoms. The molecule has 3 heterocycles. The number of thiophene rings is 1. The Bertz CT molecular complexity index is 1570. The zero-order valence-electron chi connectivity index (χ0n) is 16.8. The predicted octanol–water partition coefficient (Wildman–Crippen LogP) is 2.37. The number of aliphatic hydroxyl groups excluding tert-OH is 1. The number of benzene rings is 2. The van der Waals surface area contributed by atoms with Gasteiger partial charge in [0, 0.05) is 16.8 Å². The topological polar surface area (TPSA) is 112 Å². The maximum absolute atomic E-state index is 13.5. The van der Waals surface area contributed by atoms with Crippen LogP contribution in [-0.4, -0.2) is 29.6 Å². The second-order valence-electron chi connectivity index (χ2n) is 7.48. The maximum atomic E-state index is 13.5. The van der Waals surface area contributed by atoms with Gasteiger partial charge in [0.1, 0.15) is 0 Å². The number of fused-ring (bicyclic) bond motifs is 2. The predicted molar refractivity (Wildman–Crippen MR) is 123 cm³/mol. The van der Waals surface area contributed by atoms with E-state index in [0.29, 0.717) is 29.0 Å². The molecule has 1 aliphatic heterocycles. The first-order valence-electron chi connectivity index (χ1n) is 9.99. The zero-order chi connectivity index (χ0) is 22.5. The highest BCUT2D eigenvalue weighted by molar-refractivity contribution is 7.92. The molecule has 0 spiro atoms. The van der Waals surface area contributed by atoms with Gasteiger partial charge in [0.2, 0.25) is 0 Å². The van der Waals surface area contributed by atoms with Crippen molar-refractivity contribution in [1.82, 2.24) is 9.55 Å². The lowest BCUT2D eigenvalue weighted by molar-refractivity contribution is 0.287. The number of nitrogens with zero attached hydrogens (tertiary/aromatic N) is 2. The number of rotatable bonds is 4. The molecule has 32 heavy (non-hydrogen) atoms. The van der Waals surface area contributed by atoms with Gasteiger partial charge in [-0.2, -0.15) is 0 Å². The first-order chi connectivity index (χ1) is 15.4. The van der Waals surface area contributed by atoms with Gasteiger partial charge >= 0.3 is 5.69 Å². The minimum absolute atomic E-state index is 0.00852. The van der Waals surface area contributed by atoms with Crippen molar-refractivity contribution in [1.29, 1.82) is 0 Å². The summed E-state index contributed by atoms with van der Waals surface area (Å²) in [5.74, 6) is 0. The number of para-hydroxylation sites is 1. The van der Waals surface area contributed by atoms with Crippen LogP contribution in [0.15, 0.2) is 68.4 Å². The molecule has 0 atom stereocenters. The summed E-state index contributed by atoms with van der Waals surface area (Å²) in [4.78, 5) is 28.8. The molecule has 0 aliphatic carbocycles. The van der Waals surface area contributed by atoms with E-state index in [0.717, 1.165) is 16.6 Å². The average Bonchev–Trinajstić information content (AvgIpc) is 3.22. The van der Waals surface area contributed by atoms with Crippen LogP contribution in [0.4, 0.5) is 5.69 Å². The smallest absolute Gasteiger partial charge is 0.333 e. The Labute approximate surface area is 187 Å². The number of aliphatic hydroxyl groups is 1. The number of aromatic nitrogens is 2. The van der Waals surface area contributed by atoms with Crippen molar-refractivity contribution < 1.29 is 13.5 Å². The Morgan fingerprint density at radius 3 is 2.72 bits per heavy atom. The van der Waals surface area contributed by atoms with Crippen LogP contribution in [-0.2, 0) is 23.1 Å². The monoisotopic (exact) mass is 469 g/mol. The van der Waals surface area contributed by atoms with Crippen LogP contribution in [0.2, 0.25) is 0 Å². The standard InChI is InChI=1S/C22H19N3O5S2/c26-12-19-20-17(13-31-19)23-22(28)25(21(20)27)15-7-3-8-16(11-15)32(29,30)24-10-4-6-14-5-1-2-9-18(14)24/h1-3,5,7-9,11,13,26H,4,6,10,12H2,(H,23,28). The van der Waals surface area contributed by atoms with Crippen molar-refractivity contribution in [3.63, 3.8) is 0 Å². The molecule has 2 aromatic carbocycles. The molecule has 0 amide bonds. The van der Waals surface area contributed by atoms with Crippen molar-refractivity contribution in [2.24, 2.45) is 0 Å². The number of H-pyrrole nitrogens is 1. The lowest BCUT2D eigenvalue weighted by atomic mass is 10.0. The summed E-state index contributed by atoms with van der Waals surface area (Å²) in [6.07, 6.45) is 1.51. The third-order valence-corrected chi connectivity index (χ3v) is 8.38. The van der Waals surface area contributed by atoms with Crippen molar-refractivity contribution in [3.8, 4) is 5.69 Å². The van der Waals surface area contributed by atoms with Crippen LogP contribution in [0.5, 0.6) is 0 Å². The Morgan fingerprint density at radius 2 is 1.91 bits per heavy atom. The molecular weight excluding hydrogens is 450 g/mol. The molecule has 0 saturated carbocycles. The fourth-order valence-corrected chi connectivity index (χ4v) is 6.52. The van der Waals surface area contributed by atoms with Crippen LogP contribution < -0.4 is 15.6 Å². The third-order valence-electron chi connectivity index (χ3n) is 5.60. The average molecular weight is 470 g/mol. The summed E-state index contributed by atoms with van der Waals surface area (Å²) in [7, 11) is -3.91. The highest BCUT2D eigenvalue weighted by Crippen LogP contribution is 2.32. The number of anilines is 1. The van der Waals surface area contributed by atoms with Gasteiger partial charge in [-0.05, 0) is 42.7 Å². The lowest BCUT2D eigenvalue weighted by Crippen LogP contribution is -2.36. The lowest BCUT2D eigenvalue weighted by Gasteiger charge is -2.30. The molecule has 4 aromatic rings. The Hall–Kier alpha value is -3.21. The molecule has 164 valence electrons. The maximum Gasteiger partial charge on any atom is 0.333 e. The van der Waals surface area contributed by atoms with Crippen molar-refractivity contribution in [2.45, 2.75) is 24.3 Å². The second kappa shape index (κ2) is 7.73. The summed E-state index contributed by atoms with van der Waals surface area (Å²) >= 11 is 1.17. The van der Waals surface area contributed by atoms with E-state index < -0.39 is 21.3 Å². The highest BCUT2D eigenvalue weighted by Gasteiger charge is 2.29. The number of aryl methyl sites for hydroxylation is 1. The normalized spacial score (nSPS) is 14.0. The van der Waals surface area contributed by atoms with Crippen molar-refractivity contribution in [2.75, 3.05) is 10.8 Å². The number of nitrogens with one attached hydrogen (secondary N) is 1. The fraction of sp³-hybridized carbons (Fsp3) is 0.182. The first-order valence-corrected chi connectivity index (χ1v) is 12.3. The van der Waals surface area contributed by atoms with Gasteiger partial charge in [-0.15, -0.1) is 11.3 Å². The SMILES string of the molecule is O=c1[nH]c2csc(CO)c2c(=O)n1-c1cccc(S(=O)(=O)N2CCCc3ccccc32)c1. The van der Waals surface area contributed by atoms with E-state index in [9.17, 15) is 23.1 Å². The van der Waals surface area contributed by atoms with Gasteiger partial charge in [-0.3, -0.25) is 9.10 Å². The van der Waals surface area contributed by atoms with Crippen LogP contribution in [0.3, 0.4) is 0 Å². The molecule has 8 nitrogen and oxygen atoms in total. The summed E-state index contributed by atoms with van der Waals surface area (Å²) in [6, 6.07) is 13.2. The molecule has 0 bridgehead atoms. The quantitative estimate of drug-likeness (QED) is 0.477. The second-order valence-corrected chi connectivity index (χ2v) is 10.3. The molecule has 0 unspecified atom stereocenters. The van der Waals surface area contributed by atoms with E-state index in [1.54, 1.807) is 17.5 Å². The van der Waals surface area contributed by atoms with Crippen molar-refractivity contribution in [3.05, 3.63) is 85.2 Å². The van der Waals surface area contributed by atoms with Gasteiger partial charge in [-0.1, -0.05) is 24.3 Å². The highest BCUT2D eigenvalue weighted by atomic mass is 32.2. The molecule has 5 rings (SSSR count). The Kier molecular flexibility index (Phi) is 5.00. The number of hydrogen-bond acceptors (Lipinski definition) is 6. The minimum atomic E-state index is -3.91. The largest absolute Gasteiger partial charge is 0.391 e. The summed E-state index contributed by atoms with van der Waals surface area (Å²) < 4.78 is 29.3. The van der Waals surface area contributed by atoms with E-state index >= 15 is 0 Å². The van der Waals surface area contributed by atoms with E-state index in [4.69, 9.17) is 0 Å². The molecule has 0 fully saturated rings. The van der Waals surface area contributed by atoms with Crippen LogP contribution in [0, 0.1) is 0 Å². The molecular formula is C22H19N3O5S2. The summed E-state index contributed by atoms with van der Waals surface area (Å²) in [6.45, 7) is 0.0169. The molecule has 0 saturated heterocycles. The van der Waals surface area contributed by atoms with Crippen molar-refractivity contribution >= 4 is 38.0 Å².